The molecule has 1 aliphatic rings. The highest BCUT2D eigenvalue weighted by atomic mass is 32.1. The van der Waals surface area contributed by atoms with Crippen LogP contribution in [0.3, 0.4) is 0 Å². The number of carbonyl (C=O) groups is 1. The maximum Gasteiger partial charge on any atom is 0.230 e. The quantitative estimate of drug-likeness (QED) is 0.263. The summed E-state index contributed by atoms with van der Waals surface area (Å²) in [5.41, 5.74) is 2.36. The number of nitrogens with one attached hydrogen (secondary N) is 2. The molecular formula is C30H34N6O3S. The van der Waals surface area contributed by atoms with E-state index in [9.17, 15) is 9.90 Å². The van der Waals surface area contributed by atoms with Crippen LogP contribution in [-0.2, 0) is 16.9 Å². The standard InChI is InChI=1S/C30H34N6O3S/c1-19-12-21(14-22(13-19)35-28-32-11-8-25(36-28)39-4)24-17-34-27(40-24)30(38)9-7-23(29(2,3)18-30)26(37)33-16-20-6-5-10-31-15-20/h5-6,8,10-15,17,23,38H,7,9,16,18H2,1-4H3,(H,33,37)(H,32,35,36)/t23-,30-/m1/s1. The number of amides is 1. The Kier molecular flexibility index (Phi) is 7.82. The van der Waals surface area contributed by atoms with E-state index in [0.29, 0.717) is 42.6 Å². The topological polar surface area (TPSA) is 122 Å². The lowest BCUT2D eigenvalue weighted by Gasteiger charge is -2.45. The molecule has 0 spiro atoms. The van der Waals surface area contributed by atoms with Crippen molar-refractivity contribution < 1.29 is 14.6 Å². The van der Waals surface area contributed by atoms with Crippen LogP contribution < -0.4 is 15.4 Å². The van der Waals surface area contributed by atoms with Gasteiger partial charge < -0.3 is 20.5 Å². The molecule has 208 valence electrons. The summed E-state index contributed by atoms with van der Waals surface area (Å²) >= 11 is 1.49. The predicted octanol–water partition coefficient (Wildman–Crippen LogP) is 5.39. The van der Waals surface area contributed by atoms with Gasteiger partial charge in [-0.25, -0.2) is 9.97 Å². The monoisotopic (exact) mass is 558 g/mol. The summed E-state index contributed by atoms with van der Waals surface area (Å²) in [6.07, 6.45) is 8.43. The van der Waals surface area contributed by atoms with Crippen LogP contribution >= 0.6 is 11.3 Å². The highest BCUT2D eigenvalue weighted by molar-refractivity contribution is 7.15. The van der Waals surface area contributed by atoms with Crippen molar-refractivity contribution in [2.75, 3.05) is 12.4 Å². The Labute approximate surface area is 238 Å². The van der Waals surface area contributed by atoms with Gasteiger partial charge in [-0.1, -0.05) is 26.0 Å². The molecule has 5 rings (SSSR count). The lowest BCUT2D eigenvalue weighted by Crippen LogP contribution is -2.47. The molecule has 1 amide bonds. The van der Waals surface area contributed by atoms with Crippen LogP contribution in [0.1, 0.15) is 49.2 Å². The van der Waals surface area contributed by atoms with Crippen molar-refractivity contribution in [2.45, 2.75) is 52.2 Å². The fourth-order valence-corrected chi connectivity index (χ4v) is 6.51. The Hall–Kier alpha value is -3.89. The first-order chi connectivity index (χ1) is 19.1. The summed E-state index contributed by atoms with van der Waals surface area (Å²) in [5.74, 6) is 0.733. The fourth-order valence-electron chi connectivity index (χ4n) is 5.49. The average molecular weight is 559 g/mol. The Morgan fingerprint density at radius 2 is 2.02 bits per heavy atom. The largest absolute Gasteiger partial charge is 0.481 e. The molecule has 4 aromatic rings. The van der Waals surface area contributed by atoms with Crippen molar-refractivity contribution >= 4 is 28.9 Å². The number of methoxy groups -OCH3 is 1. The van der Waals surface area contributed by atoms with Crippen molar-refractivity contribution in [2.24, 2.45) is 11.3 Å². The number of hydrogen-bond donors (Lipinski definition) is 3. The summed E-state index contributed by atoms with van der Waals surface area (Å²) in [6.45, 7) is 6.58. The molecule has 10 heteroatoms. The number of pyridine rings is 1. The third-order valence-electron chi connectivity index (χ3n) is 7.40. The number of aromatic nitrogens is 4. The molecule has 3 aromatic heterocycles. The van der Waals surface area contributed by atoms with E-state index in [0.717, 1.165) is 27.3 Å². The number of hydrogen-bond acceptors (Lipinski definition) is 9. The number of carbonyl (C=O) groups excluding carboxylic acids is 1. The van der Waals surface area contributed by atoms with Gasteiger partial charge in [0.2, 0.25) is 17.7 Å². The second-order valence-corrected chi connectivity index (χ2v) is 12.1. The van der Waals surface area contributed by atoms with Crippen LogP contribution in [0.5, 0.6) is 5.88 Å². The third-order valence-corrected chi connectivity index (χ3v) is 8.64. The second-order valence-electron chi connectivity index (χ2n) is 11.0. The zero-order valence-corrected chi connectivity index (χ0v) is 24.0. The molecule has 2 atom stereocenters. The van der Waals surface area contributed by atoms with Gasteiger partial charge in [0, 0.05) is 49.0 Å². The number of nitrogens with zero attached hydrogens (tertiary/aromatic N) is 4. The van der Waals surface area contributed by atoms with Crippen molar-refractivity contribution in [1.82, 2.24) is 25.3 Å². The first-order valence-electron chi connectivity index (χ1n) is 13.3. The Balaban J connectivity index is 1.30. The molecule has 3 heterocycles. The van der Waals surface area contributed by atoms with Gasteiger partial charge in [0.25, 0.3) is 0 Å². The van der Waals surface area contributed by atoms with Gasteiger partial charge in [0.1, 0.15) is 10.6 Å². The van der Waals surface area contributed by atoms with E-state index in [2.05, 4.69) is 50.5 Å². The summed E-state index contributed by atoms with van der Waals surface area (Å²) in [5, 5.41) is 18.7. The maximum absolute atomic E-state index is 13.1. The van der Waals surface area contributed by atoms with E-state index in [1.807, 2.05) is 37.4 Å². The van der Waals surface area contributed by atoms with Crippen LogP contribution in [0, 0.1) is 18.3 Å². The lowest BCUT2D eigenvalue weighted by molar-refractivity contribution is -0.137. The number of ether oxygens (including phenoxy) is 1. The Bertz CT molecular complexity index is 1490. The zero-order valence-electron chi connectivity index (χ0n) is 23.1. The maximum atomic E-state index is 13.1. The Morgan fingerprint density at radius 1 is 1.18 bits per heavy atom. The van der Waals surface area contributed by atoms with Crippen LogP contribution in [0.4, 0.5) is 11.6 Å². The molecular weight excluding hydrogens is 524 g/mol. The van der Waals surface area contributed by atoms with E-state index >= 15 is 0 Å². The van der Waals surface area contributed by atoms with Gasteiger partial charge in [0.05, 0.1) is 12.0 Å². The predicted molar refractivity (Wildman–Crippen MR) is 155 cm³/mol. The number of anilines is 2. The lowest BCUT2D eigenvalue weighted by atomic mass is 9.63. The van der Waals surface area contributed by atoms with Gasteiger partial charge in [-0.15, -0.1) is 11.3 Å². The second kappa shape index (κ2) is 11.3. The smallest absolute Gasteiger partial charge is 0.230 e. The van der Waals surface area contributed by atoms with Crippen LogP contribution in [0.2, 0.25) is 0 Å². The third kappa shape index (κ3) is 6.13. The van der Waals surface area contributed by atoms with Crippen molar-refractivity contribution in [3.8, 4) is 16.3 Å². The molecule has 40 heavy (non-hydrogen) atoms. The fraction of sp³-hybridized carbons (Fsp3) is 0.367. The Morgan fingerprint density at radius 3 is 2.77 bits per heavy atom. The normalized spacial score (nSPS) is 20.1. The highest BCUT2D eigenvalue weighted by Crippen LogP contribution is 2.51. The van der Waals surface area contributed by atoms with Gasteiger partial charge in [-0.2, -0.15) is 4.98 Å². The van der Waals surface area contributed by atoms with E-state index in [-0.39, 0.29) is 11.8 Å². The van der Waals surface area contributed by atoms with Crippen LogP contribution in [-0.4, -0.2) is 38.1 Å². The minimum Gasteiger partial charge on any atom is -0.481 e. The SMILES string of the molecule is COc1ccnc(Nc2cc(C)cc(-c3cnc([C@@]4(O)CC[C@H](C(=O)NCc5cccnc5)C(C)(C)C4)s3)c2)n1. The average Bonchev–Trinajstić information content (AvgIpc) is 3.43. The van der Waals surface area contributed by atoms with Gasteiger partial charge >= 0.3 is 0 Å². The molecule has 0 bridgehead atoms. The van der Waals surface area contributed by atoms with Crippen LogP contribution in [0.25, 0.3) is 10.4 Å². The molecule has 9 nitrogen and oxygen atoms in total. The van der Waals surface area contributed by atoms with E-state index < -0.39 is 11.0 Å². The molecule has 0 saturated heterocycles. The summed E-state index contributed by atoms with van der Waals surface area (Å²) in [7, 11) is 1.57. The molecule has 1 aliphatic carbocycles. The summed E-state index contributed by atoms with van der Waals surface area (Å²) in [6, 6.07) is 11.6. The molecule has 0 radical (unpaired) electrons. The van der Waals surface area contributed by atoms with Gasteiger partial charge in [0.15, 0.2) is 0 Å². The van der Waals surface area contributed by atoms with Gasteiger partial charge in [-0.05, 0) is 66.5 Å². The molecule has 1 saturated carbocycles. The zero-order chi connectivity index (χ0) is 28.3. The van der Waals surface area contributed by atoms with Crippen molar-refractivity contribution in [3.05, 3.63) is 77.3 Å². The van der Waals surface area contributed by atoms with E-state index in [4.69, 9.17) is 4.74 Å². The molecule has 1 aromatic carbocycles. The van der Waals surface area contributed by atoms with Crippen LogP contribution in [0.15, 0.2) is 61.2 Å². The van der Waals surface area contributed by atoms with E-state index in [1.54, 1.807) is 31.8 Å². The first-order valence-corrected chi connectivity index (χ1v) is 14.1. The molecule has 0 unspecified atom stereocenters. The molecule has 1 fully saturated rings. The number of benzene rings is 1. The molecule has 0 aliphatic heterocycles. The number of rotatable bonds is 8. The number of aliphatic hydroxyl groups is 1. The first kappa shape index (κ1) is 27.7. The molecule has 3 N–H and O–H groups in total. The minimum atomic E-state index is -1.09. The van der Waals surface area contributed by atoms with Crippen molar-refractivity contribution in [1.29, 1.82) is 0 Å². The van der Waals surface area contributed by atoms with Crippen molar-refractivity contribution in [3.63, 3.8) is 0 Å². The highest BCUT2D eigenvalue weighted by Gasteiger charge is 2.49. The van der Waals surface area contributed by atoms with E-state index in [1.165, 1.54) is 11.3 Å². The number of thiazole rings is 1. The van der Waals surface area contributed by atoms with Gasteiger partial charge in [-0.3, -0.25) is 9.78 Å². The number of aryl methyl sites for hydroxylation is 1. The summed E-state index contributed by atoms with van der Waals surface area (Å²) < 4.78 is 5.20. The minimum absolute atomic E-state index is 0.00976. The summed E-state index contributed by atoms with van der Waals surface area (Å²) in [4.78, 5) is 31.4.